The molecule has 1 fully saturated rings. The predicted octanol–water partition coefficient (Wildman–Crippen LogP) is 3.02. The molecule has 0 bridgehead atoms. The van der Waals surface area contributed by atoms with Crippen LogP contribution in [0.15, 0.2) is 22.3 Å². The van der Waals surface area contributed by atoms with Gasteiger partial charge >= 0.3 is 0 Å². The first-order valence-electron chi connectivity index (χ1n) is 4.41. The summed E-state index contributed by atoms with van der Waals surface area (Å²) >= 11 is 0. The number of Topliss-reactive ketones (excluding diaryl/α,β-unsaturated/α-hetero) is 1. The summed E-state index contributed by atoms with van der Waals surface area (Å²) in [5.41, 5.74) is 4.42. The molecule has 1 aliphatic rings. The summed E-state index contributed by atoms with van der Waals surface area (Å²) in [6.07, 6.45) is 1.89. The molecule has 0 aromatic carbocycles. The molecule has 0 heterocycles. The van der Waals surface area contributed by atoms with Crippen molar-refractivity contribution in [2.24, 2.45) is 0 Å². The van der Waals surface area contributed by atoms with E-state index in [4.69, 9.17) is 0 Å². The van der Waals surface area contributed by atoms with E-state index in [9.17, 15) is 4.79 Å². The van der Waals surface area contributed by atoms with Crippen LogP contribution in [0.25, 0.3) is 0 Å². The predicted molar refractivity (Wildman–Crippen MR) is 51.0 cm³/mol. The number of allylic oxidation sites excluding steroid dienone is 4. The Kier molecular flexibility index (Phi) is 2.51. The van der Waals surface area contributed by atoms with Gasteiger partial charge in [-0.2, -0.15) is 0 Å². The normalized spacial score (nSPS) is 17.2. The summed E-state index contributed by atoms with van der Waals surface area (Å²) in [6.45, 7) is 8.06. The van der Waals surface area contributed by atoms with Crippen LogP contribution in [0.2, 0.25) is 0 Å². The molecule has 0 spiro atoms. The van der Waals surface area contributed by atoms with E-state index in [0.717, 1.165) is 24.0 Å². The van der Waals surface area contributed by atoms with Gasteiger partial charge in [-0.1, -0.05) is 11.1 Å². The second-order valence-corrected chi connectivity index (χ2v) is 3.79. The van der Waals surface area contributed by atoms with Crippen molar-refractivity contribution in [3.05, 3.63) is 22.3 Å². The zero-order valence-electron chi connectivity index (χ0n) is 8.32. The smallest absolute Gasteiger partial charge is 0.184 e. The highest BCUT2D eigenvalue weighted by molar-refractivity contribution is 6.11. The lowest BCUT2D eigenvalue weighted by molar-refractivity contribution is -0.111. The lowest BCUT2D eigenvalue weighted by Gasteiger charge is -1.98. The molecule has 0 aromatic rings. The summed E-state index contributed by atoms with van der Waals surface area (Å²) in [5.74, 6) is 0.287. The minimum absolute atomic E-state index is 0.287. The number of carbonyl (C=O) groups is 1. The van der Waals surface area contributed by atoms with E-state index in [-0.39, 0.29) is 5.78 Å². The Balaban J connectivity index is 3.06. The number of carbonyl (C=O) groups excluding carboxylic acids is 1. The van der Waals surface area contributed by atoms with E-state index in [1.165, 1.54) is 11.1 Å². The maximum atomic E-state index is 11.7. The number of hydrogen-bond donors (Lipinski definition) is 0. The van der Waals surface area contributed by atoms with Crippen LogP contribution in [0.1, 0.15) is 40.5 Å². The molecule has 0 amide bonds. The van der Waals surface area contributed by atoms with E-state index in [2.05, 4.69) is 0 Å². The fourth-order valence-corrected chi connectivity index (χ4v) is 1.61. The summed E-state index contributed by atoms with van der Waals surface area (Å²) < 4.78 is 0. The van der Waals surface area contributed by atoms with Gasteiger partial charge in [0.25, 0.3) is 0 Å². The van der Waals surface area contributed by atoms with Gasteiger partial charge in [-0.05, 0) is 51.7 Å². The van der Waals surface area contributed by atoms with E-state index in [1.54, 1.807) is 0 Å². The molecule has 1 heteroatoms. The Hall–Kier alpha value is -0.850. The molecule has 1 nitrogen and oxygen atoms in total. The largest absolute Gasteiger partial charge is 0.289 e. The van der Waals surface area contributed by atoms with Gasteiger partial charge in [0.2, 0.25) is 0 Å². The van der Waals surface area contributed by atoms with Gasteiger partial charge in [0.1, 0.15) is 0 Å². The minimum atomic E-state index is 0.287. The first-order valence-corrected chi connectivity index (χ1v) is 4.41. The van der Waals surface area contributed by atoms with Crippen LogP contribution in [0.3, 0.4) is 0 Å². The Morgan fingerprint density at radius 3 is 1.42 bits per heavy atom. The number of hydrogen-bond acceptors (Lipinski definition) is 1. The highest BCUT2D eigenvalue weighted by Crippen LogP contribution is 2.30. The highest BCUT2D eigenvalue weighted by Gasteiger charge is 2.24. The molecule has 0 atom stereocenters. The molecular weight excluding hydrogens is 148 g/mol. The van der Waals surface area contributed by atoms with E-state index < -0.39 is 0 Å². The van der Waals surface area contributed by atoms with Gasteiger partial charge in [0.15, 0.2) is 5.78 Å². The van der Waals surface area contributed by atoms with Crippen LogP contribution >= 0.6 is 0 Å². The summed E-state index contributed by atoms with van der Waals surface area (Å²) in [5, 5.41) is 0. The third-order valence-electron chi connectivity index (χ3n) is 2.38. The maximum Gasteiger partial charge on any atom is 0.184 e. The molecule has 0 unspecified atom stereocenters. The van der Waals surface area contributed by atoms with Crippen LogP contribution in [0.5, 0.6) is 0 Å². The van der Waals surface area contributed by atoms with Crippen molar-refractivity contribution < 1.29 is 4.79 Å². The first kappa shape index (κ1) is 9.24. The van der Waals surface area contributed by atoms with Gasteiger partial charge in [0.05, 0.1) is 0 Å². The Morgan fingerprint density at radius 1 is 0.917 bits per heavy atom. The van der Waals surface area contributed by atoms with Crippen molar-refractivity contribution in [1.82, 2.24) is 0 Å². The zero-order chi connectivity index (χ0) is 9.30. The Bertz CT molecular complexity index is 243. The summed E-state index contributed by atoms with van der Waals surface area (Å²) in [4.78, 5) is 11.7. The highest BCUT2D eigenvalue weighted by atomic mass is 16.1. The van der Waals surface area contributed by atoms with Gasteiger partial charge in [-0.25, -0.2) is 0 Å². The topological polar surface area (TPSA) is 17.1 Å². The van der Waals surface area contributed by atoms with Crippen molar-refractivity contribution in [3.63, 3.8) is 0 Å². The van der Waals surface area contributed by atoms with Gasteiger partial charge < -0.3 is 0 Å². The molecule has 0 N–H and O–H groups in total. The molecule has 0 radical (unpaired) electrons. The van der Waals surface area contributed by atoms with Crippen LogP contribution in [0.4, 0.5) is 0 Å². The standard InChI is InChI=1S/C11H16O/c1-7(2)9-5-6-10(8(3)4)11(9)12/h5-6H2,1-4H3. The fourth-order valence-electron chi connectivity index (χ4n) is 1.61. The Labute approximate surface area is 74.2 Å². The van der Waals surface area contributed by atoms with Crippen LogP contribution in [-0.4, -0.2) is 5.78 Å². The number of rotatable bonds is 0. The lowest BCUT2D eigenvalue weighted by Crippen LogP contribution is -1.98. The van der Waals surface area contributed by atoms with E-state index in [0.29, 0.717) is 0 Å². The van der Waals surface area contributed by atoms with E-state index >= 15 is 0 Å². The van der Waals surface area contributed by atoms with Crippen molar-refractivity contribution in [2.75, 3.05) is 0 Å². The quantitative estimate of drug-likeness (QED) is 0.503. The molecule has 1 rings (SSSR count). The lowest BCUT2D eigenvalue weighted by atomic mass is 10.1. The molecule has 12 heavy (non-hydrogen) atoms. The zero-order valence-corrected chi connectivity index (χ0v) is 8.32. The van der Waals surface area contributed by atoms with Crippen molar-refractivity contribution >= 4 is 5.78 Å². The SMILES string of the molecule is CC(C)=C1CCC(=C(C)C)C1=O. The molecule has 1 aliphatic carbocycles. The van der Waals surface area contributed by atoms with Crippen LogP contribution in [0, 0.1) is 0 Å². The second-order valence-electron chi connectivity index (χ2n) is 3.79. The van der Waals surface area contributed by atoms with Gasteiger partial charge in [-0.15, -0.1) is 0 Å². The summed E-state index contributed by atoms with van der Waals surface area (Å²) in [6, 6.07) is 0. The molecule has 0 aromatic heterocycles. The third-order valence-corrected chi connectivity index (χ3v) is 2.38. The first-order chi connectivity index (χ1) is 5.54. The van der Waals surface area contributed by atoms with Crippen molar-refractivity contribution in [2.45, 2.75) is 40.5 Å². The second kappa shape index (κ2) is 3.26. The third kappa shape index (κ3) is 1.50. The Morgan fingerprint density at radius 2 is 1.25 bits per heavy atom. The van der Waals surface area contributed by atoms with Gasteiger partial charge in [0, 0.05) is 0 Å². The van der Waals surface area contributed by atoms with Crippen LogP contribution < -0.4 is 0 Å². The monoisotopic (exact) mass is 164 g/mol. The molecule has 1 saturated carbocycles. The van der Waals surface area contributed by atoms with E-state index in [1.807, 2.05) is 27.7 Å². The minimum Gasteiger partial charge on any atom is -0.289 e. The molecular formula is C11H16O. The molecule has 0 saturated heterocycles. The maximum absolute atomic E-state index is 11.7. The van der Waals surface area contributed by atoms with Crippen LogP contribution in [-0.2, 0) is 4.79 Å². The molecule has 0 aliphatic heterocycles. The van der Waals surface area contributed by atoms with Gasteiger partial charge in [-0.3, -0.25) is 4.79 Å². The fraction of sp³-hybridized carbons (Fsp3) is 0.545. The van der Waals surface area contributed by atoms with Crippen molar-refractivity contribution in [3.8, 4) is 0 Å². The van der Waals surface area contributed by atoms with Crippen molar-refractivity contribution in [1.29, 1.82) is 0 Å². The number of ketones is 1. The molecule has 66 valence electrons. The average Bonchev–Trinajstić information content (AvgIpc) is 2.30. The average molecular weight is 164 g/mol. The summed E-state index contributed by atoms with van der Waals surface area (Å²) in [7, 11) is 0.